The van der Waals surface area contributed by atoms with Gasteiger partial charge in [0.25, 0.3) is 0 Å². The van der Waals surface area contributed by atoms with Crippen molar-refractivity contribution in [2.24, 2.45) is 12.5 Å². The quantitative estimate of drug-likeness (QED) is 0.193. The van der Waals surface area contributed by atoms with E-state index in [1.165, 1.54) is 10.3 Å². The van der Waals surface area contributed by atoms with Gasteiger partial charge in [0.15, 0.2) is 11.5 Å². The highest BCUT2D eigenvalue weighted by molar-refractivity contribution is 6.14. The molecular weight excluding hydrogens is 648 g/mol. The van der Waals surface area contributed by atoms with Crippen LogP contribution in [-0.2, 0) is 16.6 Å². The number of nitrogens with zero attached hydrogens (tertiary/aromatic N) is 6. The first-order chi connectivity index (χ1) is 24.6. The third-order valence-corrected chi connectivity index (χ3v) is 10.5. The summed E-state index contributed by atoms with van der Waals surface area (Å²) in [5.74, 6) is 0.506. The van der Waals surface area contributed by atoms with Crippen molar-refractivity contribution in [3.8, 4) is 11.5 Å². The summed E-state index contributed by atoms with van der Waals surface area (Å²) in [5, 5.41) is 10.7. The molecule has 0 unspecified atom stereocenters. The topological polar surface area (TPSA) is 170 Å². The molecule has 51 heavy (non-hydrogen) atoms. The summed E-state index contributed by atoms with van der Waals surface area (Å²) < 4.78 is 12.0. The van der Waals surface area contributed by atoms with Crippen LogP contribution in [0.1, 0.15) is 41.8 Å². The van der Waals surface area contributed by atoms with Crippen LogP contribution in [0.3, 0.4) is 0 Å². The van der Waals surface area contributed by atoms with Crippen LogP contribution in [0, 0.1) is 12.3 Å². The van der Waals surface area contributed by atoms with E-state index in [1.54, 1.807) is 20.0 Å². The number of rotatable bonds is 7. The van der Waals surface area contributed by atoms with E-state index in [2.05, 4.69) is 21.1 Å². The molecule has 3 aliphatic rings. The van der Waals surface area contributed by atoms with Gasteiger partial charge in [-0.05, 0) is 85.5 Å². The molecule has 0 saturated carbocycles. The molecule has 2 aromatic heterocycles. The number of aromatic nitrogens is 3. The van der Waals surface area contributed by atoms with Crippen molar-refractivity contribution in [3.05, 3.63) is 99.9 Å². The minimum absolute atomic E-state index is 0.0679. The van der Waals surface area contributed by atoms with E-state index in [9.17, 15) is 14.4 Å². The smallest absolute Gasteiger partial charge is 0.437 e. The minimum Gasteiger partial charge on any atom is -0.441 e. The Hall–Kier alpha value is -5.82. The largest absolute Gasteiger partial charge is 0.441 e. The summed E-state index contributed by atoms with van der Waals surface area (Å²) >= 11 is 0. The maximum absolute atomic E-state index is 14.0. The SMILES string of the molecule is Cc1nc2cc(C(=[NH2+])c3cc(N4CC[C@]5(CCN(CC(=O)N6CC=C(c7ccc(-c8nn(C)c(=O)o8)cc7)CC6)C5)C4=O)ccc3N)ccc2o1. The fourth-order valence-corrected chi connectivity index (χ4v) is 7.59. The van der Waals surface area contributed by atoms with Gasteiger partial charge in [0.1, 0.15) is 5.52 Å². The first kappa shape index (κ1) is 32.4. The molecule has 13 heteroatoms. The normalized spacial score (nSPS) is 19.4. The second-order valence-electron chi connectivity index (χ2n) is 13.7. The summed E-state index contributed by atoms with van der Waals surface area (Å²) in [6.07, 6.45) is 4.27. The summed E-state index contributed by atoms with van der Waals surface area (Å²) in [4.78, 5) is 49.3. The van der Waals surface area contributed by atoms with Crippen LogP contribution in [0.25, 0.3) is 28.1 Å². The number of anilines is 2. The molecule has 0 aliphatic carbocycles. The Morgan fingerprint density at radius 1 is 0.980 bits per heavy atom. The Labute approximate surface area is 293 Å². The zero-order valence-electron chi connectivity index (χ0n) is 28.6. The number of likely N-dealkylation sites (tertiary alicyclic amines) is 1. The Balaban J connectivity index is 0.888. The van der Waals surface area contributed by atoms with Gasteiger partial charge in [-0.25, -0.2) is 9.78 Å². The molecule has 2 fully saturated rings. The number of fused-ring (bicyclic) bond motifs is 1. The monoisotopic (exact) mass is 687 g/mol. The molecule has 4 N–H and O–H groups in total. The van der Waals surface area contributed by atoms with Crippen LogP contribution >= 0.6 is 0 Å². The van der Waals surface area contributed by atoms with E-state index in [0.717, 1.165) is 35.2 Å². The number of oxazole rings is 1. The Morgan fingerprint density at radius 2 is 1.76 bits per heavy atom. The predicted molar refractivity (Wildman–Crippen MR) is 192 cm³/mol. The number of amides is 2. The lowest BCUT2D eigenvalue weighted by molar-refractivity contribution is -0.132. The first-order valence-corrected chi connectivity index (χ1v) is 17.1. The van der Waals surface area contributed by atoms with Crippen molar-refractivity contribution in [2.45, 2.75) is 26.2 Å². The summed E-state index contributed by atoms with van der Waals surface area (Å²) in [5.41, 5.74) is 13.4. The second kappa shape index (κ2) is 12.5. The van der Waals surface area contributed by atoms with Crippen molar-refractivity contribution < 1.29 is 23.8 Å². The molecule has 5 aromatic rings. The highest BCUT2D eigenvalue weighted by atomic mass is 16.4. The van der Waals surface area contributed by atoms with Crippen LogP contribution in [0.2, 0.25) is 0 Å². The van der Waals surface area contributed by atoms with Crippen molar-refractivity contribution in [3.63, 3.8) is 0 Å². The van der Waals surface area contributed by atoms with Gasteiger partial charge in [0.2, 0.25) is 23.4 Å². The Bertz CT molecular complexity index is 2300. The molecule has 1 spiro atoms. The summed E-state index contributed by atoms with van der Waals surface area (Å²) in [6.45, 7) is 5.08. The number of carbonyl (C=O) groups is 2. The molecular formula is C38H39N8O5+. The number of nitrogen functional groups attached to an aromatic ring is 1. The highest BCUT2D eigenvalue weighted by Crippen LogP contribution is 2.43. The predicted octanol–water partition coefficient (Wildman–Crippen LogP) is 2.41. The van der Waals surface area contributed by atoms with E-state index < -0.39 is 11.2 Å². The van der Waals surface area contributed by atoms with E-state index >= 15 is 0 Å². The van der Waals surface area contributed by atoms with Crippen molar-refractivity contribution in [1.82, 2.24) is 24.6 Å². The molecule has 0 bridgehead atoms. The van der Waals surface area contributed by atoms with Crippen LogP contribution < -0.4 is 21.8 Å². The number of benzene rings is 3. The van der Waals surface area contributed by atoms with Crippen LogP contribution in [0.5, 0.6) is 0 Å². The van der Waals surface area contributed by atoms with Crippen molar-refractivity contribution >= 4 is 45.6 Å². The third-order valence-electron chi connectivity index (χ3n) is 10.5. The zero-order chi connectivity index (χ0) is 35.4. The molecule has 1 atom stereocenters. The van der Waals surface area contributed by atoms with Gasteiger partial charge in [-0.1, -0.05) is 18.2 Å². The van der Waals surface area contributed by atoms with E-state index in [1.807, 2.05) is 64.4 Å². The average Bonchev–Trinajstić information content (AvgIpc) is 3.90. The van der Waals surface area contributed by atoms with Gasteiger partial charge >= 0.3 is 5.76 Å². The molecule has 260 valence electrons. The van der Waals surface area contributed by atoms with E-state index in [0.29, 0.717) is 73.1 Å². The number of nitrogens with two attached hydrogens (primary N) is 2. The van der Waals surface area contributed by atoms with Crippen molar-refractivity contribution in [2.75, 3.05) is 49.9 Å². The third kappa shape index (κ3) is 5.92. The molecule has 3 aliphatic heterocycles. The second-order valence-corrected chi connectivity index (χ2v) is 13.7. The van der Waals surface area contributed by atoms with Gasteiger partial charge in [-0.3, -0.25) is 19.9 Å². The maximum atomic E-state index is 14.0. The van der Waals surface area contributed by atoms with Gasteiger partial charge < -0.3 is 24.4 Å². The lowest BCUT2D eigenvalue weighted by atomic mass is 9.85. The van der Waals surface area contributed by atoms with Crippen LogP contribution in [0.4, 0.5) is 11.4 Å². The standard InChI is InChI=1S/C38H38N8O5/c1-23-41-31-19-27(7-10-32(31)50-23)34(40)29-20-28(8-9-30(29)39)46-18-14-38(36(46)48)13-17-44(22-38)21-33(47)45-15-11-25(12-16-45)24-3-5-26(6-4-24)35-42-43(2)37(49)51-35/h3-11,19-20,40H,12-18,21-22,39H2,1-2H3/p+1/t38-/m0/s1. The lowest BCUT2D eigenvalue weighted by Crippen LogP contribution is -2.43. The Morgan fingerprint density at radius 3 is 2.51 bits per heavy atom. The number of aryl methyl sites for hydroxylation is 2. The van der Waals surface area contributed by atoms with E-state index in [-0.39, 0.29) is 24.2 Å². The van der Waals surface area contributed by atoms with Gasteiger partial charge in [0.05, 0.1) is 17.5 Å². The fourth-order valence-electron chi connectivity index (χ4n) is 7.59. The Kier molecular flexibility index (Phi) is 7.94. The number of hydrogen-bond acceptors (Lipinski definition) is 9. The van der Waals surface area contributed by atoms with Crippen LogP contribution in [-0.4, -0.2) is 81.4 Å². The first-order valence-electron chi connectivity index (χ1n) is 17.1. The van der Waals surface area contributed by atoms with Crippen molar-refractivity contribution in [1.29, 1.82) is 0 Å². The maximum Gasteiger partial charge on any atom is 0.437 e. The minimum atomic E-state index is -0.522. The number of hydrogen-bond donors (Lipinski definition) is 2. The molecule has 13 nitrogen and oxygen atoms in total. The van der Waals surface area contributed by atoms with Gasteiger partial charge in [0, 0.05) is 62.7 Å². The highest BCUT2D eigenvalue weighted by Gasteiger charge is 2.51. The molecule has 2 saturated heterocycles. The molecule has 3 aromatic carbocycles. The van der Waals surface area contributed by atoms with Gasteiger partial charge in [-0.2, -0.15) is 4.68 Å². The molecule has 8 rings (SSSR count). The molecule has 0 radical (unpaired) electrons. The summed E-state index contributed by atoms with van der Waals surface area (Å²) in [7, 11) is 1.55. The molecule has 5 heterocycles. The number of carbonyl (C=O) groups excluding carboxylic acids is 2. The molecule has 2 amide bonds. The average molecular weight is 688 g/mol. The van der Waals surface area contributed by atoms with Crippen LogP contribution in [0.15, 0.2) is 80.4 Å². The summed E-state index contributed by atoms with van der Waals surface area (Å²) in [6, 6.07) is 18.9. The lowest BCUT2D eigenvalue weighted by Gasteiger charge is -2.29. The zero-order valence-corrected chi connectivity index (χ0v) is 28.6. The fraction of sp³-hybridized carbons (Fsp3) is 0.316. The van der Waals surface area contributed by atoms with Gasteiger partial charge in [-0.15, -0.1) is 5.10 Å². The van der Waals surface area contributed by atoms with E-state index in [4.69, 9.17) is 20.0 Å².